The van der Waals surface area contributed by atoms with Gasteiger partial charge in [-0.3, -0.25) is 0 Å². The Morgan fingerprint density at radius 2 is 1.10 bits per heavy atom. The number of benzene rings is 5. The Balaban J connectivity index is 0.000000557. The van der Waals surface area contributed by atoms with Crippen LogP contribution in [0.3, 0.4) is 0 Å². The zero-order valence-electron chi connectivity index (χ0n) is 36.5. The fraction of sp³-hybridized carbons (Fsp3) is 0.236. The van der Waals surface area contributed by atoms with Crippen molar-refractivity contribution in [1.29, 1.82) is 0 Å². The molecule has 0 spiro atoms. The highest BCUT2D eigenvalue weighted by atomic mass is 16.5. The third-order valence-electron chi connectivity index (χ3n) is 9.93. The van der Waals surface area contributed by atoms with E-state index in [9.17, 15) is 0 Å². The van der Waals surface area contributed by atoms with Gasteiger partial charge in [-0.1, -0.05) is 180 Å². The zero-order valence-corrected chi connectivity index (χ0v) is 36.5. The molecule has 3 heterocycles. The van der Waals surface area contributed by atoms with Gasteiger partial charge in [0.05, 0.1) is 27.6 Å². The number of para-hydroxylation sites is 2. The summed E-state index contributed by atoms with van der Waals surface area (Å²) in [7, 11) is 0. The first-order chi connectivity index (χ1) is 28.5. The van der Waals surface area contributed by atoms with E-state index < -0.39 is 0 Å². The molecule has 3 heteroatoms. The monoisotopic (exact) mass is 769 g/mol. The van der Waals surface area contributed by atoms with Gasteiger partial charge in [-0.25, -0.2) is 0 Å². The van der Waals surface area contributed by atoms with Crippen molar-refractivity contribution < 1.29 is 4.74 Å². The van der Waals surface area contributed by atoms with Gasteiger partial charge in [0.25, 0.3) is 0 Å². The number of pyridine rings is 1. The lowest BCUT2D eigenvalue weighted by Gasteiger charge is -2.14. The molecule has 0 aliphatic heterocycles. The fourth-order valence-corrected chi connectivity index (χ4v) is 7.40. The SMILES string of the molecule is C=C/C=C(\C=C)C(=C)O/C(=C\C)c1ccc(-n2c3ccccc3c3cc4c(cc32)cc2c3ccccc3c3ccccc3n42)cc1.CC.CC.CC.CCCCCC. The average molecular weight is 769 g/mol. The molecular formula is C55H64N2O. The molecule has 0 bridgehead atoms. The smallest absolute Gasteiger partial charge is 0.130 e. The van der Waals surface area contributed by atoms with Crippen molar-refractivity contribution in [3.8, 4) is 5.69 Å². The van der Waals surface area contributed by atoms with Crippen LogP contribution < -0.4 is 0 Å². The quantitative estimate of drug-likeness (QED) is 0.0587. The van der Waals surface area contributed by atoms with E-state index in [2.05, 4.69) is 158 Å². The molecule has 0 saturated heterocycles. The summed E-state index contributed by atoms with van der Waals surface area (Å²) in [5.74, 6) is 1.26. The molecule has 5 aromatic carbocycles. The molecule has 8 rings (SSSR count). The summed E-state index contributed by atoms with van der Waals surface area (Å²) in [6, 6.07) is 41.7. The lowest BCUT2D eigenvalue weighted by Crippen LogP contribution is -1.97. The maximum absolute atomic E-state index is 6.17. The molecule has 0 saturated carbocycles. The summed E-state index contributed by atoms with van der Waals surface area (Å²) < 4.78 is 11.0. The highest BCUT2D eigenvalue weighted by Gasteiger charge is 2.18. The van der Waals surface area contributed by atoms with Crippen LogP contribution in [0.25, 0.3) is 71.3 Å². The molecule has 58 heavy (non-hydrogen) atoms. The standard InChI is InChI=1S/C43H32N2O.C6H14.3C2H6/c1-5-14-29(6-2)28(4)46-43(7-3)30-21-23-32(24-22-30)44-38-19-12-11-18-36(38)37-27-40-31(26-42(37)44)25-41-35-17-9-8-15-33(35)34-16-10-13-20-39(34)45(40)41;1-3-5-6-4-2;3*1-2/h5-27H,1-2,4H2,3H3;3-6H2,1-2H3;3*1-2H3/b29-14+,43-7-;;;;. The largest absolute Gasteiger partial charge is 0.457 e. The summed E-state index contributed by atoms with van der Waals surface area (Å²) in [5, 5.41) is 7.46. The Morgan fingerprint density at radius 1 is 0.586 bits per heavy atom. The highest BCUT2D eigenvalue weighted by molar-refractivity contribution is 6.18. The van der Waals surface area contributed by atoms with E-state index in [1.807, 2.05) is 60.6 Å². The minimum Gasteiger partial charge on any atom is -0.457 e. The highest BCUT2D eigenvalue weighted by Crippen LogP contribution is 2.39. The molecule has 3 aromatic heterocycles. The van der Waals surface area contributed by atoms with Crippen LogP contribution in [0.5, 0.6) is 0 Å². The molecule has 0 aliphatic carbocycles. The molecule has 0 atom stereocenters. The van der Waals surface area contributed by atoms with Crippen LogP contribution in [0.2, 0.25) is 0 Å². The molecule has 0 aliphatic rings. The summed E-state index contributed by atoms with van der Waals surface area (Å²) in [5.41, 5.74) is 8.84. The zero-order chi connectivity index (χ0) is 42.2. The van der Waals surface area contributed by atoms with Gasteiger partial charge in [-0.05, 0) is 73.0 Å². The van der Waals surface area contributed by atoms with Crippen molar-refractivity contribution in [1.82, 2.24) is 8.97 Å². The molecule has 3 nitrogen and oxygen atoms in total. The Morgan fingerprint density at radius 3 is 1.66 bits per heavy atom. The van der Waals surface area contributed by atoms with Crippen molar-refractivity contribution in [2.24, 2.45) is 0 Å². The third kappa shape index (κ3) is 9.05. The summed E-state index contributed by atoms with van der Waals surface area (Å²) >= 11 is 0. The molecule has 0 fully saturated rings. The van der Waals surface area contributed by atoms with Crippen LogP contribution >= 0.6 is 0 Å². The Labute approximate surface area is 348 Å². The molecule has 0 N–H and O–H groups in total. The van der Waals surface area contributed by atoms with E-state index in [0.29, 0.717) is 5.76 Å². The number of nitrogens with zero attached hydrogens (tertiary/aromatic N) is 2. The van der Waals surface area contributed by atoms with Crippen LogP contribution in [-0.2, 0) is 4.74 Å². The van der Waals surface area contributed by atoms with Crippen LogP contribution in [0, 0.1) is 0 Å². The first-order valence-corrected chi connectivity index (χ1v) is 21.4. The van der Waals surface area contributed by atoms with E-state index in [1.54, 1.807) is 12.2 Å². The van der Waals surface area contributed by atoms with Crippen molar-refractivity contribution in [2.45, 2.75) is 88.0 Å². The second-order valence-electron chi connectivity index (χ2n) is 13.2. The van der Waals surface area contributed by atoms with E-state index in [1.165, 1.54) is 85.6 Å². The second kappa shape index (κ2) is 22.0. The number of unbranched alkanes of at least 4 members (excludes halogenated alkanes) is 3. The normalized spacial score (nSPS) is 11.2. The Kier molecular flexibility index (Phi) is 17.0. The Bertz CT molecular complexity index is 2670. The third-order valence-corrected chi connectivity index (χ3v) is 9.93. The van der Waals surface area contributed by atoms with E-state index in [4.69, 9.17) is 4.74 Å². The molecule has 8 aromatic rings. The van der Waals surface area contributed by atoms with Gasteiger partial charge in [-0.2, -0.15) is 0 Å². The van der Waals surface area contributed by atoms with Crippen LogP contribution in [0.15, 0.2) is 171 Å². The van der Waals surface area contributed by atoms with Crippen molar-refractivity contribution in [3.63, 3.8) is 0 Å². The summed E-state index contributed by atoms with van der Waals surface area (Å²) in [4.78, 5) is 0. The van der Waals surface area contributed by atoms with Gasteiger partial charge in [0.1, 0.15) is 11.5 Å². The van der Waals surface area contributed by atoms with Gasteiger partial charge < -0.3 is 13.7 Å². The Hall–Kier alpha value is -6.06. The number of hydrogen-bond acceptors (Lipinski definition) is 1. The van der Waals surface area contributed by atoms with Crippen LogP contribution in [-0.4, -0.2) is 8.97 Å². The van der Waals surface area contributed by atoms with Gasteiger partial charge in [-0.15, -0.1) is 0 Å². The molecule has 300 valence electrons. The minimum atomic E-state index is 0.527. The lowest BCUT2D eigenvalue weighted by molar-refractivity contribution is 0.397. The first-order valence-electron chi connectivity index (χ1n) is 21.4. The summed E-state index contributed by atoms with van der Waals surface area (Å²) in [6.07, 6.45) is 12.8. The summed E-state index contributed by atoms with van der Waals surface area (Å²) in [6.45, 7) is 30.2. The van der Waals surface area contributed by atoms with Crippen molar-refractivity contribution in [3.05, 3.63) is 176 Å². The number of fused-ring (bicyclic) bond motifs is 11. The molecule has 0 amide bonds. The second-order valence-corrected chi connectivity index (χ2v) is 13.2. The number of allylic oxidation sites excluding steroid dienone is 4. The number of hydrogen-bond donors (Lipinski definition) is 0. The maximum atomic E-state index is 6.17. The van der Waals surface area contributed by atoms with E-state index >= 15 is 0 Å². The number of aromatic nitrogens is 2. The predicted molar refractivity (Wildman–Crippen MR) is 260 cm³/mol. The topological polar surface area (TPSA) is 18.6 Å². The van der Waals surface area contributed by atoms with Crippen LogP contribution in [0.1, 0.15) is 93.6 Å². The maximum Gasteiger partial charge on any atom is 0.130 e. The van der Waals surface area contributed by atoms with Gasteiger partial charge >= 0.3 is 0 Å². The van der Waals surface area contributed by atoms with Gasteiger partial charge in [0, 0.05) is 43.8 Å². The number of ether oxygens (including phenoxy) is 1. The first kappa shape index (κ1) is 44.7. The molecule has 0 unspecified atom stereocenters. The van der Waals surface area contributed by atoms with Crippen LogP contribution in [0.4, 0.5) is 0 Å². The van der Waals surface area contributed by atoms with E-state index in [-0.39, 0.29) is 0 Å². The number of rotatable bonds is 10. The van der Waals surface area contributed by atoms with Gasteiger partial charge in [0.2, 0.25) is 0 Å². The van der Waals surface area contributed by atoms with E-state index in [0.717, 1.165) is 22.6 Å². The van der Waals surface area contributed by atoms with Crippen molar-refractivity contribution in [2.75, 3.05) is 0 Å². The fourth-order valence-electron chi connectivity index (χ4n) is 7.40. The predicted octanol–water partition coefficient (Wildman–Crippen LogP) is 17.4. The lowest BCUT2D eigenvalue weighted by atomic mass is 10.1. The average Bonchev–Trinajstić information content (AvgIpc) is 3.83. The molecule has 0 radical (unpaired) electrons. The van der Waals surface area contributed by atoms with Gasteiger partial charge in [0.15, 0.2) is 0 Å². The molecular weight excluding hydrogens is 705 g/mol. The minimum absolute atomic E-state index is 0.527. The van der Waals surface area contributed by atoms with Crippen molar-refractivity contribution >= 4 is 65.7 Å².